The summed E-state index contributed by atoms with van der Waals surface area (Å²) in [7, 11) is 0. The first kappa shape index (κ1) is 17.1. The van der Waals surface area contributed by atoms with E-state index in [0.29, 0.717) is 5.75 Å². The van der Waals surface area contributed by atoms with Crippen LogP contribution in [-0.2, 0) is 17.9 Å². The predicted molar refractivity (Wildman–Crippen MR) is 97.2 cm³/mol. The minimum atomic E-state index is -0.272. The number of hydrogen-bond acceptors (Lipinski definition) is 5. The Labute approximate surface area is 147 Å². The van der Waals surface area contributed by atoms with Crippen LogP contribution in [0.15, 0.2) is 41.1 Å². The maximum atomic E-state index is 11.1. The fourth-order valence-corrected chi connectivity index (χ4v) is 3.77. The van der Waals surface area contributed by atoms with Gasteiger partial charge in [0.25, 0.3) is 0 Å². The molecule has 0 atom stereocenters. The molecule has 1 aliphatic rings. The van der Waals surface area contributed by atoms with Gasteiger partial charge in [0.1, 0.15) is 5.75 Å². The first-order chi connectivity index (χ1) is 11.7. The van der Waals surface area contributed by atoms with Crippen LogP contribution >= 0.6 is 11.3 Å². The van der Waals surface area contributed by atoms with Crippen molar-refractivity contribution in [1.82, 2.24) is 9.80 Å². The topological polar surface area (TPSA) is 32.8 Å². The molecule has 0 unspecified atom stereocenters. The Kier molecular flexibility index (Phi) is 6.01. The van der Waals surface area contributed by atoms with E-state index in [2.05, 4.69) is 32.7 Å². The third kappa shape index (κ3) is 5.16. The van der Waals surface area contributed by atoms with Gasteiger partial charge in [-0.3, -0.25) is 14.6 Å². The first-order valence-electron chi connectivity index (χ1n) is 8.42. The molecular weight excluding hydrogens is 320 g/mol. The molecule has 1 aromatic heterocycles. The molecule has 2 heterocycles. The molecule has 0 N–H and O–H groups in total. The molecule has 1 fully saturated rings. The summed E-state index contributed by atoms with van der Waals surface area (Å²) in [6.07, 6.45) is 1.19. The molecule has 128 valence electrons. The molecule has 4 nitrogen and oxygen atoms in total. The molecule has 0 aliphatic carbocycles. The van der Waals surface area contributed by atoms with Crippen molar-refractivity contribution in [2.75, 3.05) is 26.2 Å². The summed E-state index contributed by atoms with van der Waals surface area (Å²) >= 11 is 1.77. The maximum absolute atomic E-state index is 11.1. The molecule has 0 bridgehead atoms. The highest BCUT2D eigenvalue weighted by molar-refractivity contribution is 7.07. The van der Waals surface area contributed by atoms with E-state index in [-0.39, 0.29) is 5.97 Å². The summed E-state index contributed by atoms with van der Waals surface area (Å²) in [5.41, 5.74) is 2.61. The molecule has 2 aromatic rings. The van der Waals surface area contributed by atoms with Crippen LogP contribution < -0.4 is 4.74 Å². The average molecular weight is 344 g/mol. The van der Waals surface area contributed by atoms with E-state index in [1.807, 2.05) is 18.2 Å². The van der Waals surface area contributed by atoms with E-state index in [1.165, 1.54) is 24.5 Å². The number of benzene rings is 1. The maximum Gasteiger partial charge on any atom is 0.308 e. The summed E-state index contributed by atoms with van der Waals surface area (Å²) in [4.78, 5) is 16.1. The minimum Gasteiger partial charge on any atom is -0.427 e. The zero-order chi connectivity index (χ0) is 16.8. The van der Waals surface area contributed by atoms with Crippen molar-refractivity contribution < 1.29 is 9.53 Å². The SMILES string of the molecule is CC(=O)Oc1cccc(CN2CCCN(Cc3ccsc3)CC2)c1. The van der Waals surface area contributed by atoms with Crippen molar-refractivity contribution in [3.63, 3.8) is 0 Å². The molecule has 0 saturated carbocycles. The summed E-state index contributed by atoms with van der Waals surface area (Å²) in [5, 5.41) is 4.39. The smallest absolute Gasteiger partial charge is 0.308 e. The van der Waals surface area contributed by atoms with Crippen LogP contribution in [-0.4, -0.2) is 41.9 Å². The zero-order valence-corrected chi connectivity index (χ0v) is 14.9. The highest BCUT2D eigenvalue weighted by Crippen LogP contribution is 2.17. The van der Waals surface area contributed by atoms with Crippen LogP contribution in [0.2, 0.25) is 0 Å². The lowest BCUT2D eigenvalue weighted by atomic mass is 10.2. The third-order valence-electron chi connectivity index (χ3n) is 4.23. The van der Waals surface area contributed by atoms with E-state index in [9.17, 15) is 4.79 Å². The molecule has 0 radical (unpaired) electrons. The van der Waals surface area contributed by atoms with E-state index < -0.39 is 0 Å². The van der Waals surface area contributed by atoms with Crippen molar-refractivity contribution in [2.45, 2.75) is 26.4 Å². The molecule has 1 aromatic carbocycles. The van der Waals surface area contributed by atoms with Crippen LogP contribution in [0.3, 0.4) is 0 Å². The lowest BCUT2D eigenvalue weighted by Gasteiger charge is -2.21. The number of nitrogens with zero attached hydrogens (tertiary/aromatic N) is 2. The van der Waals surface area contributed by atoms with E-state index >= 15 is 0 Å². The summed E-state index contributed by atoms with van der Waals surface area (Å²) in [5.74, 6) is 0.361. The van der Waals surface area contributed by atoms with Gasteiger partial charge in [0.05, 0.1) is 0 Å². The Morgan fingerprint density at radius 3 is 2.50 bits per heavy atom. The van der Waals surface area contributed by atoms with Crippen molar-refractivity contribution in [3.05, 3.63) is 52.2 Å². The summed E-state index contributed by atoms with van der Waals surface area (Å²) < 4.78 is 5.18. The fraction of sp³-hybridized carbons (Fsp3) is 0.421. The third-order valence-corrected chi connectivity index (χ3v) is 4.97. The highest BCUT2D eigenvalue weighted by Gasteiger charge is 2.15. The van der Waals surface area contributed by atoms with Crippen LogP contribution in [0, 0.1) is 0 Å². The number of carbonyl (C=O) groups is 1. The van der Waals surface area contributed by atoms with Crippen LogP contribution in [0.1, 0.15) is 24.5 Å². The molecule has 0 spiro atoms. The normalized spacial score (nSPS) is 16.7. The first-order valence-corrected chi connectivity index (χ1v) is 9.36. The number of hydrogen-bond donors (Lipinski definition) is 0. The summed E-state index contributed by atoms with van der Waals surface area (Å²) in [6, 6.07) is 10.1. The number of thiophene rings is 1. The molecule has 24 heavy (non-hydrogen) atoms. The van der Waals surface area contributed by atoms with Crippen LogP contribution in [0.25, 0.3) is 0 Å². The molecule has 1 saturated heterocycles. The molecular formula is C19H24N2O2S. The molecule has 0 amide bonds. The lowest BCUT2D eigenvalue weighted by Crippen LogP contribution is -2.30. The van der Waals surface area contributed by atoms with Gasteiger partial charge in [0.15, 0.2) is 0 Å². The van der Waals surface area contributed by atoms with Gasteiger partial charge < -0.3 is 4.74 Å². The standard InChI is InChI=1S/C19H24N2O2S/c1-16(22)23-19-5-2-4-17(12-19)13-20-7-3-8-21(10-9-20)14-18-6-11-24-15-18/h2,4-6,11-12,15H,3,7-10,13-14H2,1H3. The Balaban J connectivity index is 1.53. The minimum absolute atomic E-state index is 0.272. The van der Waals surface area contributed by atoms with Crippen molar-refractivity contribution in [1.29, 1.82) is 0 Å². The van der Waals surface area contributed by atoms with E-state index in [0.717, 1.165) is 39.3 Å². The number of ether oxygens (including phenoxy) is 1. The zero-order valence-electron chi connectivity index (χ0n) is 14.1. The van der Waals surface area contributed by atoms with Crippen molar-refractivity contribution >= 4 is 17.3 Å². The number of carbonyl (C=O) groups excluding carboxylic acids is 1. The van der Waals surface area contributed by atoms with Gasteiger partial charge in [0, 0.05) is 33.1 Å². The monoisotopic (exact) mass is 344 g/mol. The van der Waals surface area contributed by atoms with Crippen molar-refractivity contribution in [2.24, 2.45) is 0 Å². The second kappa shape index (κ2) is 8.42. The predicted octanol–water partition coefficient (Wildman–Crippen LogP) is 3.38. The number of esters is 1. The lowest BCUT2D eigenvalue weighted by molar-refractivity contribution is -0.131. The second-order valence-electron chi connectivity index (χ2n) is 6.28. The molecule has 1 aliphatic heterocycles. The Morgan fingerprint density at radius 1 is 1.08 bits per heavy atom. The van der Waals surface area contributed by atoms with Gasteiger partial charge in [-0.15, -0.1) is 0 Å². The summed E-state index contributed by atoms with van der Waals surface area (Å²) in [6.45, 7) is 7.82. The second-order valence-corrected chi connectivity index (χ2v) is 7.06. The Morgan fingerprint density at radius 2 is 1.83 bits per heavy atom. The average Bonchev–Trinajstić information content (AvgIpc) is 2.95. The Bertz CT molecular complexity index is 657. The van der Waals surface area contributed by atoms with Crippen molar-refractivity contribution in [3.8, 4) is 5.75 Å². The van der Waals surface area contributed by atoms with Gasteiger partial charge in [-0.05, 0) is 59.6 Å². The van der Waals surface area contributed by atoms with Gasteiger partial charge in [0.2, 0.25) is 0 Å². The number of rotatable bonds is 5. The van der Waals surface area contributed by atoms with Gasteiger partial charge in [-0.1, -0.05) is 12.1 Å². The Hall–Kier alpha value is -1.69. The van der Waals surface area contributed by atoms with E-state index in [1.54, 1.807) is 11.3 Å². The largest absolute Gasteiger partial charge is 0.427 e. The quantitative estimate of drug-likeness (QED) is 0.615. The van der Waals surface area contributed by atoms with E-state index in [4.69, 9.17) is 4.74 Å². The van der Waals surface area contributed by atoms with Gasteiger partial charge in [-0.2, -0.15) is 11.3 Å². The molecule has 3 rings (SSSR count). The van der Waals surface area contributed by atoms with Gasteiger partial charge >= 0.3 is 5.97 Å². The fourth-order valence-electron chi connectivity index (χ4n) is 3.11. The molecule has 5 heteroatoms. The van der Waals surface area contributed by atoms with Crippen LogP contribution in [0.4, 0.5) is 0 Å². The van der Waals surface area contributed by atoms with Crippen LogP contribution in [0.5, 0.6) is 5.75 Å². The van der Waals surface area contributed by atoms with Gasteiger partial charge in [-0.25, -0.2) is 0 Å². The highest BCUT2D eigenvalue weighted by atomic mass is 32.1.